The normalized spacial score (nSPS) is 12.3. The quantitative estimate of drug-likeness (QED) is 0.877. The average Bonchev–Trinajstić information content (AvgIpc) is 2.86. The summed E-state index contributed by atoms with van der Waals surface area (Å²) in [6.07, 6.45) is 0. The van der Waals surface area contributed by atoms with Gasteiger partial charge in [-0.15, -0.1) is 11.3 Å². The third-order valence-electron chi connectivity index (χ3n) is 2.89. The van der Waals surface area contributed by atoms with Crippen molar-refractivity contribution < 1.29 is 4.79 Å². The molecule has 0 fully saturated rings. The summed E-state index contributed by atoms with van der Waals surface area (Å²) in [5.74, 6) is -0.372. The molecule has 2 aromatic rings. The molecule has 1 atom stereocenters. The van der Waals surface area contributed by atoms with Crippen LogP contribution in [0.15, 0.2) is 40.2 Å². The number of halogens is 1. The molecule has 1 heterocycles. The molecule has 0 saturated carbocycles. The predicted octanol–water partition coefficient (Wildman–Crippen LogP) is 3.46. The van der Waals surface area contributed by atoms with Crippen molar-refractivity contribution in [1.29, 1.82) is 0 Å². The summed E-state index contributed by atoms with van der Waals surface area (Å²) >= 11 is 4.97. The summed E-state index contributed by atoms with van der Waals surface area (Å²) in [5, 5.41) is 5.23. The molecule has 0 bridgehead atoms. The van der Waals surface area contributed by atoms with Crippen LogP contribution in [0.25, 0.3) is 0 Å². The Morgan fingerprint density at radius 2 is 2.11 bits per heavy atom. The Bertz CT molecular complexity index is 565. The summed E-state index contributed by atoms with van der Waals surface area (Å²) in [4.78, 5) is 12.1. The molecule has 0 aliphatic rings. The maximum absolute atomic E-state index is 11.0. The van der Waals surface area contributed by atoms with Crippen molar-refractivity contribution in [3.63, 3.8) is 0 Å². The van der Waals surface area contributed by atoms with Crippen LogP contribution in [0, 0.1) is 0 Å². The molecule has 0 aliphatic heterocycles. The number of amides is 1. The predicted molar refractivity (Wildman–Crippen MR) is 82.2 cm³/mol. The van der Waals surface area contributed by atoms with Gasteiger partial charge in [-0.3, -0.25) is 4.79 Å². The summed E-state index contributed by atoms with van der Waals surface area (Å²) in [6, 6.07) is 10.3. The summed E-state index contributed by atoms with van der Waals surface area (Å²) in [5.41, 5.74) is 7.04. The van der Waals surface area contributed by atoms with E-state index in [4.69, 9.17) is 5.73 Å². The Morgan fingerprint density at radius 3 is 2.68 bits per heavy atom. The number of rotatable bonds is 5. The van der Waals surface area contributed by atoms with E-state index in [1.807, 2.05) is 18.2 Å². The highest BCUT2D eigenvalue weighted by Crippen LogP contribution is 2.19. The van der Waals surface area contributed by atoms with Crippen LogP contribution < -0.4 is 11.1 Å². The molecule has 5 heteroatoms. The number of hydrogen-bond donors (Lipinski definition) is 2. The van der Waals surface area contributed by atoms with Gasteiger partial charge < -0.3 is 11.1 Å². The fourth-order valence-corrected chi connectivity index (χ4v) is 2.81. The number of hydrogen-bond acceptors (Lipinski definition) is 3. The van der Waals surface area contributed by atoms with Gasteiger partial charge >= 0.3 is 0 Å². The number of nitrogens with two attached hydrogens (primary N) is 1. The van der Waals surface area contributed by atoms with E-state index in [9.17, 15) is 4.79 Å². The van der Waals surface area contributed by atoms with E-state index in [0.29, 0.717) is 5.56 Å². The minimum Gasteiger partial charge on any atom is -0.366 e. The first-order valence-corrected chi connectivity index (χ1v) is 7.59. The molecule has 19 heavy (non-hydrogen) atoms. The zero-order valence-electron chi connectivity index (χ0n) is 10.5. The largest absolute Gasteiger partial charge is 0.366 e. The van der Waals surface area contributed by atoms with E-state index in [0.717, 1.165) is 15.9 Å². The fourth-order valence-electron chi connectivity index (χ4n) is 1.73. The van der Waals surface area contributed by atoms with Gasteiger partial charge in [0, 0.05) is 27.3 Å². The minimum atomic E-state index is -0.372. The number of benzene rings is 1. The van der Waals surface area contributed by atoms with E-state index in [1.165, 1.54) is 5.56 Å². The standard InChI is InChI=1S/C14H15BrN2OS/c1-9(10-2-4-12(15)5-3-10)17-7-13-6-11(8-19-13)14(16)18/h2-6,8-9,17H,7H2,1H3,(H2,16,18)/t9-/m0/s1. The van der Waals surface area contributed by atoms with Gasteiger partial charge in [-0.05, 0) is 30.7 Å². The third-order valence-corrected chi connectivity index (χ3v) is 4.36. The van der Waals surface area contributed by atoms with Gasteiger partial charge in [0.05, 0.1) is 5.56 Å². The average molecular weight is 339 g/mol. The zero-order chi connectivity index (χ0) is 13.8. The van der Waals surface area contributed by atoms with Crippen LogP contribution in [-0.2, 0) is 6.54 Å². The molecular formula is C14H15BrN2OS. The minimum absolute atomic E-state index is 0.257. The number of thiophene rings is 1. The Kier molecular flexibility index (Phi) is 4.74. The van der Waals surface area contributed by atoms with E-state index < -0.39 is 0 Å². The van der Waals surface area contributed by atoms with Crippen LogP contribution in [-0.4, -0.2) is 5.91 Å². The van der Waals surface area contributed by atoms with Crippen LogP contribution in [0.5, 0.6) is 0 Å². The van der Waals surface area contributed by atoms with Crippen LogP contribution in [0.4, 0.5) is 0 Å². The van der Waals surface area contributed by atoms with Crippen molar-refractivity contribution in [2.45, 2.75) is 19.5 Å². The van der Waals surface area contributed by atoms with Gasteiger partial charge in [0.25, 0.3) is 0 Å². The van der Waals surface area contributed by atoms with Crippen LogP contribution in [0.3, 0.4) is 0 Å². The molecule has 3 nitrogen and oxygen atoms in total. The molecule has 0 saturated heterocycles. The topological polar surface area (TPSA) is 55.1 Å². The number of carbonyl (C=O) groups excluding carboxylic acids is 1. The van der Waals surface area contributed by atoms with Gasteiger partial charge in [-0.1, -0.05) is 28.1 Å². The lowest BCUT2D eigenvalue weighted by atomic mass is 10.1. The first kappa shape index (κ1) is 14.2. The van der Waals surface area contributed by atoms with Crippen molar-refractivity contribution in [3.05, 3.63) is 56.2 Å². The molecule has 1 amide bonds. The van der Waals surface area contributed by atoms with Gasteiger partial charge in [-0.25, -0.2) is 0 Å². The lowest BCUT2D eigenvalue weighted by molar-refractivity contribution is 0.100. The molecule has 0 aliphatic carbocycles. The molecule has 0 unspecified atom stereocenters. The number of carbonyl (C=O) groups is 1. The number of primary amides is 1. The SMILES string of the molecule is C[C@H](NCc1cc(C(N)=O)cs1)c1ccc(Br)cc1. The second-order valence-corrected chi connectivity index (χ2v) is 6.23. The summed E-state index contributed by atoms with van der Waals surface area (Å²) in [6.45, 7) is 2.85. The maximum atomic E-state index is 11.0. The van der Waals surface area contributed by atoms with Crippen LogP contribution in [0.1, 0.15) is 33.8 Å². The monoisotopic (exact) mass is 338 g/mol. The maximum Gasteiger partial charge on any atom is 0.249 e. The first-order valence-electron chi connectivity index (χ1n) is 5.92. The van der Waals surface area contributed by atoms with Gasteiger partial charge in [0.2, 0.25) is 5.91 Å². The Balaban J connectivity index is 1.94. The molecule has 1 aromatic heterocycles. The van der Waals surface area contributed by atoms with Crippen molar-refractivity contribution in [3.8, 4) is 0 Å². The molecule has 100 valence electrons. The molecule has 1 aromatic carbocycles. The molecule has 0 radical (unpaired) electrons. The Morgan fingerprint density at radius 1 is 1.42 bits per heavy atom. The molecule has 2 rings (SSSR count). The van der Waals surface area contributed by atoms with Crippen molar-refractivity contribution in [2.24, 2.45) is 5.73 Å². The Labute approximate surface area is 125 Å². The van der Waals surface area contributed by atoms with Crippen molar-refractivity contribution >= 4 is 33.2 Å². The van der Waals surface area contributed by atoms with Gasteiger partial charge in [0.1, 0.15) is 0 Å². The molecule has 0 spiro atoms. The fraction of sp³-hybridized carbons (Fsp3) is 0.214. The summed E-state index contributed by atoms with van der Waals surface area (Å²) in [7, 11) is 0. The molecule has 3 N–H and O–H groups in total. The zero-order valence-corrected chi connectivity index (χ0v) is 12.9. The van der Waals surface area contributed by atoms with Gasteiger partial charge in [-0.2, -0.15) is 0 Å². The molecular weight excluding hydrogens is 324 g/mol. The van der Waals surface area contributed by atoms with Crippen molar-refractivity contribution in [2.75, 3.05) is 0 Å². The van der Waals surface area contributed by atoms with E-state index >= 15 is 0 Å². The van der Waals surface area contributed by atoms with Crippen LogP contribution in [0.2, 0.25) is 0 Å². The van der Waals surface area contributed by atoms with Crippen molar-refractivity contribution in [1.82, 2.24) is 5.32 Å². The van der Waals surface area contributed by atoms with Crippen LogP contribution >= 0.6 is 27.3 Å². The highest BCUT2D eigenvalue weighted by atomic mass is 79.9. The van der Waals surface area contributed by atoms with E-state index in [2.05, 4.69) is 40.3 Å². The van der Waals surface area contributed by atoms with Gasteiger partial charge in [0.15, 0.2) is 0 Å². The number of nitrogens with one attached hydrogen (secondary N) is 1. The smallest absolute Gasteiger partial charge is 0.249 e. The van der Waals surface area contributed by atoms with E-state index in [-0.39, 0.29) is 11.9 Å². The third kappa shape index (κ3) is 3.89. The summed E-state index contributed by atoms with van der Waals surface area (Å²) < 4.78 is 1.08. The second kappa shape index (κ2) is 6.32. The highest BCUT2D eigenvalue weighted by Gasteiger charge is 2.07. The van der Waals surface area contributed by atoms with E-state index in [1.54, 1.807) is 16.7 Å². The second-order valence-electron chi connectivity index (χ2n) is 4.32. The lowest BCUT2D eigenvalue weighted by Gasteiger charge is -2.13. The highest BCUT2D eigenvalue weighted by molar-refractivity contribution is 9.10. The first-order chi connectivity index (χ1) is 9.06. The lowest BCUT2D eigenvalue weighted by Crippen LogP contribution is -2.17. The Hall–Kier alpha value is -1.17.